The first-order valence-electron chi connectivity index (χ1n) is 7.05. The van der Waals surface area contributed by atoms with E-state index in [1.807, 2.05) is 6.92 Å². The monoisotopic (exact) mass is 298 g/mol. The summed E-state index contributed by atoms with van der Waals surface area (Å²) in [6, 6.07) is 4.67. The van der Waals surface area contributed by atoms with Crippen LogP contribution in [-0.2, 0) is 10.0 Å². The van der Waals surface area contributed by atoms with Gasteiger partial charge in [0, 0.05) is 12.2 Å². The van der Waals surface area contributed by atoms with E-state index in [0.717, 1.165) is 18.8 Å². The number of ether oxygens (including phenoxy) is 1. The molecule has 0 bridgehead atoms. The summed E-state index contributed by atoms with van der Waals surface area (Å²) in [5.74, 6) is 1.15. The zero-order valence-corrected chi connectivity index (χ0v) is 12.6. The van der Waals surface area contributed by atoms with E-state index in [2.05, 4.69) is 4.72 Å². The molecule has 0 unspecified atom stereocenters. The van der Waals surface area contributed by atoms with Crippen LogP contribution in [0.4, 0.5) is 5.69 Å². The molecule has 5 nitrogen and oxygen atoms in total. The van der Waals surface area contributed by atoms with Gasteiger partial charge >= 0.3 is 0 Å². The van der Waals surface area contributed by atoms with Crippen LogP contribution < -0.4 is 15.2 Å². The molecule has 0 aliphatic heterocycles. The minimum atomic E-state index is -3.57. The number of nitrogens with one attached hydrogen (secondary N) is 1. The third kappa shape index (κ3) is 4.11. The highest BCUT2D eigenvalue weighted by Crippen LogP contribution is 2.33. The van der Waals surface area contributed by atoms with E-state index in [0.29, 0.717) is 24.6 Å². The molecule has 1 aliphatic carbocycles. The van der Waals surface area contributed by atoms with Crippen molar-refractivity contribution in [2.24, 2.45) is 5.92 Å². The third-order valence-electron chi connectivity index (χ3n) is 3.34. The highest BCUT2D eigenvalue weighted by Gasteiger charge is 2.22. The lowest BCUT2D eigenvalue weighted by Gasteiger charge is -2.12. The minimum absolute atomic E-state index is 0.116. The Morgan fingerprint density at radius 2 is 2.15 bits per heavy atom. The molecule has 112 valence electrons. The van der Waals surface area contributed by atoms with Gasteiger partial charge in [-0.25, -0.2) is 13.1 Å². The molecule has 0 amide bonds. The van der Waals surface area contributed by atoms with E-state index in [1.54, 1.807) is 12.1 Å². The fourth-order valence-corrected chi connectivity index (χ4v) is 3.34. The first-order chi connectivity index (χ1) is 9.53. The third-order valence-corrected chi connectivity index (χ3v) is 4.82. The second-order valence-electron chi connectivity index (χ2n) is 5.12. The van der Waals surface area contributed by atoms with Crippen molar-refractivity contribution in [2.45, 2.75) is 37.5 Å². The van der Waals surface area contributed by atoms with Crippen LogP contribution in [0.15, 0.2) is 23.1 Å². The van der Waals surface area contributed by atoms with Crippen LogP contribution in [0.5, 0.6) is 5.75 Å². The molecule has 0 atom stereocenters. The van der Waals surface area contributed by atoms with Crippen LogP contribution >= 0.6 is 0 Å². The zero-order chi connectivity index (χ0) is 14.6. The topological polar surface area (TPSA) is 81.4 Å². The van der Waals surface area contributed by atoms with E-state index in [4.69, 9.17) is 10.5 Å². The van der Waals surface area contributed by atoms with Crippen molar-refractivity contribution in [3.05, 3.63) is 18.2 Å². The highest BCUT2D eigenvalue weighted by molar-refractivity contribution is 7.89. The van der Waals surface area contributed by atoms with Crippen molar-refractivity contribution in [1.29, 1.82) is 0 Å². The molecule has 0 spiro atoms. The van der Waals surface area contributed by atoms with Crippen molar-refractivity contribution in [1.82, 2.24) is 4.72 Å². The molecule has 0 aromatic heterocycles. The van der Waals surface area contributed by atoms with Crippen LogP contribution in [0.25, 0.3) is 0 Å². The summed E-state index contributed by atoms with van der Waals surface area (Å²) < 4.78 is 32.6. The highest BCUT2D eigenvalue weighted by atomic mass is 32.2. The zero-order valence-electron chi connectivity index (χ0n) is 11.8. The van der Waals surface area contributed by atoms with Gasteiger partial charge in [0.15, 0.2) is 0 Å². The number of hydrogen-bond donors (Lipinski definition) is 2. The lowest BCUT2D eigenvalue weighted by atomic mass is 10.2. The molecule has 0 heterocycles. The van der Waals surface area contributed by atoms with Gasteiger partial charge in [-0.15, -0.1) is 0 Å². The van der Waals surface area contributed by atoms with E-state index in [9.17, 15) is 8.42 Å². The standard InChI is InChI=1S/C14H22N2O3S/c1-2-19-13-8-7-12(15)10-14(13)20(17,18)16-9-3-4-11-5-6-11/h7-8,10-11,16H,2-6,9,15H2,1H3. The fraction of sp³-hybridized carbons (Fsp3) is 0.571. The number of anilines is 1. The largest absolute Gasteiger partial charge is 0.492 e. The van der Waals surface area contributed by atoms with Crippen molar-refractivity contribution in [2.75, 3.05) is 18.9 Å². The molecule has 1 fully saturated rings. The van der Waals surface area contributed by atoms with Gasteiger partial charge in [0.25, 0.3) is 0 Å². The van der Waals surface area contributed by atoms with Gasteiger partial charge in [0.05, 0.1) is 6.61 Å². The number of rotatable bonds is 8. The lowest BCUT2D eigenvalue weighted by Crippen LogP contribution is -2.25. The van der Waals surface area contributed by atoms with Gasteiger partial charge in [-0.1, -0.05) is 12.8 Å². The average Bonchev–Trinajstić information content (AvgIpc) is 3.21. The van der Waals surface area contributed by atoms with E-state index < -0.39 is 10.0 Å². The van der Waals surface area contributed by atoms with Crippen LogP contribution in [-0.4, -0.2) is 21.6 Å². The molecular formula is C14H22N2O3S. The van der Waals surface area contributed by atoms with Crippen molar-refractivity contribution < 1.29 is 13.2 Å². The maximum Gasteiger partial charge on any atom is 0.244 e. The van der Waals surface area contributed by atoms with Gasteiger partial charge < -0.3 is 10.5 Å². The molecule has 2 rings (SSSR count). The number of nitrogen functional groups attached to an aromatic ring is 1. The molecule has 1 saturated carbocycles. The molecule has 0 radical (unpaired) electrons. The lowest BCUT2D eigenvalue weighted by molar-refractivity contribution is 0.331. The van der Waals surface area contributed by atoms with Crippen LogP contribution in [0.1, 0.15) is 32.6 Å². The van der Waals surface area contributed by atoms with Gasteiger partial charge in [0.2, 0.25) is 10.0 Å². The van der Waals surface area contributed by atoms with Crippen LogP contribution in [0, 0.1) is 5.92 Å². The summed E-state index contributed by atoms with van der Waals surface area (Å²) in [5, 5.41) is 0. The first kappa shape index (κ1) is 15.1. The van der Waals surface area contributed by atoms with E-state index in [1.165, 1.54) is 18.9 Å². The maximum absolute atomic E-state index is 12.3. The van der Waals surface area contributed by atoms with Gasteiger partial charge in [0.1, 0.15) is 10.6 Å². The summed E-state index contributed by atoms with van der Waals surface area (Å²) in [5.41, 5.74) is 6.08. The second-order valence-corrected chi connectivity index (χ2v) is 6.86. The molecular weight excluding hydrogens is 276 g/mol. The SMILES string of the molecule is CCOc1ccc(N)cc1S(=O)(=O)NCCCC1CC1. The number of hydrogen-bond acceptors (Lipinski definition) is 4. The van der Waals surface area contributed by atoms with Crippen LogP contribution in [0.3, 0.4) is 0 Å². The average molecular weight is 298 g/mol. The van der Waals surface area contributed by atoms with Gasteiger partial charge in [-0.3, -0.25) is 0 Å². The smallest absolute Gasteiger partial charge is 0.244 e. The quantitative estimate of drug-likeness (QED) is 0.569. The van der Waals surface area contributed by atoms with Gasteiger partial charge in [-0.05, 0) is 43.9 Å². The predicted octanol–water partition coefficient (Wildman–Crippen LogP) is 2.14. The van der Waals surface area contributed by atoms with E-state index >= 15 is 0 Å². The second kappa shape index (κ2) is 6.45. The number of nitrogens with two attached hydrogens (primary N) is 1. The molecule has 1 aromatic carbocycles. The Labute approximate surface area is 120 Å². The Balaban J connectivity index is 2.04. The first-order valence-corrected chi connectivity index (χ1v) is 8.53. The summed E-state index contributed by atoms with van der Waals surface area (Å²) >= 11 is 0. The predicted molar refractivity (Wildman–Crippen MR) is 79.2 cm³/mol. The van der Waals surface area contributed by atoms with Crippen LogP contribution in [0.2, 0.25) is 0 Å². The molecule has 1 aliphatic rings. The fourth-order valence-electron chi connectivity index (χ4n) is 2.09. The summed E-state index contributed by atoms with van der Waals surface area (Å²) in [4.78, 5) is 0.116. The van der Waals surface area contributed by atoms with Gasteiger partial charge in [-0.2, -0.15) is 0 Å². The number of benzene rings is 1. The maximum atomic E-state index is 12.3. The molecule has 20 heavy (non-hydrogen) atoms. The van der Waals surface area contributed by atoms with Crippen molar-refractivity contribution in [3.8, 4) is 5.75 Å². The Morgan fingerprint density at radius 1 is 1.40 bits per heavy atom. The summed E-state index contributed by atoms with van der Waals surface area (Å²) in [6.45, 7) is 2.68. The van der Waals surface area contributed by atoms with E-state index in [-0.39, 0.29) is 4.90 Å². The molecule has 3 N–H and O–H groups in total. The summed E-state index contributed by atoms with van der Waals surface area (Å²) in [6.07, 6.45) is 4.54. The minimum Gasteiger partial charge on any atom is -0.492 e. The molecule has 0 saturated heterocycles. The van der Waals surface area contributed by atoms with Crippen molar-refractivity contribution in [3.63, 3.8) is 0 Å². The Bertz CT molecular complexity index is 554. The molecule has 1 aromatic rings. The summed E-state index contributed by atoms with van der Waals surface area (Å²) in [7, 11) is -3.57. The Hall–Kier alpha value is -1.27. The normalized spacial score (nSPS) is 15.2. The Morgan fingerprint density at radius 3 is 2.80 bits per heavy atom. The number of sulfonamides is 1. The molecule has 6 heteroatoms. The Kier molecular flexibility index (Phi) is 4.88. The van der Waals surface area contributed by atoms with Crippen molar-refractivity contribution >= 4 is 15.7 Å².